The fraction of sp³-hybridized carbons (Fsp3) is 0.588. The maximum Gasteiger partial charge on any atom is 0.325 e. The molecule has 2 heterocycles. The van der Waals surface area contributed by atoms with Gasteiger partial charge in [0, 0.05) is 24.1 Å². The molecule has 3 amide bonds. The van der Waals surface area contributed by atoms with Gasteiger partial charge in [-0.2, -0.15) is 0 Å². The monoisotopic (exact) mass is 335 g/mol. The van der Waals surface area contributed by atoms with Crippen molar-refractivity contribution >= 4 is 17.7 Å². The van der Waals surface area contributed by atoms with Crippen LogP contribution < -0.4 is 5.32 Å². The fourth-order valence-corrected chi connectivity index (χ4v) is 3.24. The summed E-state index contributed by atoms with van der Waals surface area (Å²) >= 11 is 0. The summed E-state index contributed by atoms with van der Waals surface area (Å²) in [6, 6.07) is 1.36. The van der Waals surface area contributed by atoms with Crippen LogP contribution >= 0.6 is 0 Å². The Morgan fingerprint density at radius 1 is 1.33 bits per heavy atom. The quantitative estimate of drug-likeness (QED) is 0.635. The molecule has 1 aliphatic heterocycles. The summed E-state index contributed by atoms with van der Waals surface area (Å²) in [7, 11) is 1.63. The molecule has 132 valence electrons. The molecule has 7 heteroatoms. The minimum atomic E-state index is -0.971. The third-order valence-corrected chi connectivity index (χ3v) is 4.38. The number of hydrogen-bond donors (Lipinski definition) is 1. The minimum absolute atomic E-state index is 0.0900. The zero-order chi connectivity index (χ0) is 18.2. The van der Waals surface area contributed by atoms with E-state index in [1.54, 1.807) is 27.0 Å². The summed E-state index contributed by atoms with van der Waals surface area (Å²) in [5.74, 6) is -0.637. The molecule has 0 radical (unpaired) electrons. The largest absolute Gasteiger partial charge is 0.383 e. The molecule has 1 aromatic rings. The SMILES string of the molecule is COC[C@@H](C)n1c(C)cc(C(=O)CN2C(=O)NC(C)(C)C2=O)c1C. The molecular formula is C17H25N3O4. The molecule has 1 N–H and O–H groups in total. The van der Waals surface area contributed by atoms with Crippen molar-refractivity contribution in [3.8, 4) is 0 Å². The van der Waals surface area contributed by atoms with Crippen LogP contribution in [0, 0.1) is 13.8 Å². The number of amides is 3. The van der Waals surface area contributed by atoms with Crippen LogP contribution in [0.15, 0.2) is 6.07 Å². The van der Waals surface area contributed by atoms with Gasteiger partial charge in [0.1, 0.15) is 5.54 Å². The smallest absolute Gasteiger partial charge is 0.325 e. The molecule has 1 atom stereocenters. The highest BCUT2D eigenvalue weighted by molar-refractivity contribution is 6.11. The lowest BCUT2D eigenvalue weighted by Crippen LogP contribution is -2.41. The van der Waals surface area contributed by atoms with Crippen molar-refractivity contribution in [1.82, 2.24) is 14.8 Å². The van der Waals surface area contributed by atoms with Crippen LogP contribution in [0.3, 0.4) is 0 Å². The summed E-state index contributed by atoms with van der Waals surface area (Å²) in [5, 5.41) is 2.58. The van der Waals surface area contributed by atoms with Gasteiger partial charge >= 0.3 is 6.03 Å². The Morgan fingerprint density at radius 3 is 2.46 bits per heavy atom. The molecule has 0 saturated carbocycles. The number of ketones is 1. The van der Waals surface area contributed by atoms with Crippen molar-refractivity contribution in [3.05, 3.63) is 23.0 Å². The van der Waals surface area contributed by atoms with E-state index in [2.05, 4.69) is 5.32 Å². The lowest BCUT2D eigenvalue weighted by atomic mass is 10.1. The summed E-state index contributed by atoms with van der Waals surface area (Å²) in [4.78, 5) is 37.8. The van der Waals surface area contributed by atoms with Crippen LogP contribution in [0.2, 0.25) is 0 Å². The predicted octanol–water partition coefficient (Wildman–Crippen LogP) is 1.83. The van der Waals surface area contributed by atoms with Crippen LogP contribution in [-0.2, 0) is 9.53 Å². The fourth-order valence-electron chi connectivity index (χ4n) is 3.24. The third-order valence-electron chi connectivity index (χ3n) is 4.38. The van der Waals surface area contributed by atoms with Crippen LogP contribution in [0.25, 0.3) is 0 Å². The van der Waals surface area contributed by atoms with E-state index in [4.69, 9.17) is 4.74 Å². The lowest BCUT2D eigenvalue weighted by molar-refractivity contribution is -0.129. The molecule has 0 spiro atoms. The molecule has 2 rings (SSSR count). The number of aryl methyl sites for hydroxylation is 1. The highest BCUT2D eigenvalue weighted by Crippen LogP contribution is 2.23. The molecule has 0 aromatic carbocycles. The first-order valence-corrected chi connectivity index (χ1v) is 7.94. The molecule has 1 saturated heterocycles. The van der Waals surface area contributed by atoms with Crippen molar-refractivity contribution in [2.45, 2.75) is 46.2 Å². The van der Waals surface area contributed by atoms with Gasteiger partial charge in [0.05, 0.1) is 19.2 Å². The Kier molecular flexibility index (Phi) is 4.85. The van der Waals surface area contributed by atoms with Crippen LogP contribution in [0.4, 0.5) is 4.79 Å². The van der Waals surface area contributed by atoms with E-state index >= 15 is 0 Å². The predicted molar refractivity (Wildman–Crippen MR) is 89.1 cm³/mol. The second-order valence-electron chi connectivity index (χ2n) is 6.83. The van der Waals surface area contributed by atoms with E-state index in [0.717, 1.165) is 16.3 Å². The first-order chi connectivity index (χ1) is 11.1. The second kappa shape index (κ2) is 6.39. The number of rotatable bonds is 6. The molecule has 1 aliphatic rings. The van der Waals surface area contributed by atoms with Gasteiger partial charge in [-0.15, -0.1) is 0 Å². The number of nitrogens with zero attached hydrogens (tertiary/aromatic N) is 2. The molecule has 0 aliphatic carbocycles. The van der Waals surface area contributed by atoms with Gasteiger partial charge in [0.2, 0.25) is 0 Å². The molecule has 1 aromatic heterocycles. The zero-order valence-corrected chi connectivity index (χ0v) is 15.1. The van der Waals surface area contributed by atoms with Crippen molar-refractivity contribution < 1.29 is 19.1 Å². The van der Waals surface area contributed by atoms with Gasteiger partial charge in [-0.1, -0.05) is 0 Å². The van der Waals surface area contributed by atoms with E-state index in [0.29, 0.717) is 12.2 Å². The Hall–Kier alpha value is -2.15. The number of nitrogens with one attached hydrogen (secondary N) is 1. The van der Waals surface area contributed by atoms with Gasteiger partial charge in [-0.3, -0.25) is 14.5 Å². The normalized spacial score (nSPS) is 18.0. The number of hydrogen-bond acceptors (Lipinski definition) is 4. The highest BCUT2D eigenvalue weighted by Gasteiger charge is 2.45. The maximum atomic E-state index is 12.7. The molecule has 0 bridgehead atoms. The Balaban J connectivity index is 2.24. The number of carbonyl (C=O) groups excluding carboxylic acids is 3. The summed E-state index contributed by atoms with van der Waals surface area (Å²) < 4.78 is 7.22. The molecule has 7 nitrogen and oxygen atoms in total. The standard InChI is InChI=1S/C17H25N3O4/c1-10-7-13(12(3)20(10)11(2)9-24-6)14(21)8-19-15(22)17(4,5)18-16(19)23/h7,11H,8-9H2,1-6H3,(H,18,23)/t11-/m1/s1. The lowest BCUT2D eigenvalue weighted by Gasteiger charge is -2.18. The number of ether oxygens (including phenoxy) is 1. The van der Waals surface area contributed by atoms with Crippen LogP contribution in [0.5, 0.6) is 0 Å². The van der Waals surface area contributed by atoms with Crippen molar-refractivity contribution in [3.63, 3.8) is 0 Å². The second-order valence-corrected chi connectivity index (χ2v) is 6.83. The van der Waals surface area contributed by atoms with E-state index in [-0.39, 0.29) is 24.3 Å². The van der Waals surface area contributed by atoms with E-state index in [1.807, 2.05) is 25.3 Å². The molecular weight excluding hydrogens is 310 g/mol. The minimum Gasteiger partial charge on any atom is -0.383 e. The topological polar surface area (TPSA) is 80.6 Å². The van der Waals surface area contributed by atoms with Gasteiger partial charge in [-0.05, 0) is 40.7 Å². The number of urea groups is 1. The number of Topliss-reactive ketones (excluding diaryl/α,β-unsaturated/α-hetero) is 1. The van der Waals surface area contributed by atoms with Gasteiger partial charge in [-0.25, -0.2) is 4.79 Å². The summed E-state index contributed by atoms with van der Waals surface area (Å²) in [5.41, 5.74) is 1.31. The van der Waals surface area contributed by atoms with E-state index in [1.165, 1.54) is 0 Å². The average molecular weight is 335 g/mol. The first kappa shape index (κ1) is 18.2. The van der Waals surface area contributed by atoms with Crippen molar-refractivity contribution in [2.24, 2.45) is 0 Å². The average Bonchev–Trinajstić information content (AvgIpc) is 2.87. The third kappa shape index (κ3) is 3.08. The Morgan fingerprint density at radius 2 is 1.96 bits per heavy atom. The van der Waals surface area contributed by atoms with Crippen molar-refractivity contribution in [2.75, 3.05) is 20.3 Å². The number of aromatic nitrogens is 1. The van der Waals surface area contributed by atoms with Crippen LogP contribution in [-0.4, -0.2) is 53.0 Å². The van der Waals surface area contributed by atoms with E-state index < -0.39 is 11.6 Å². The number of methoxy groups -OCH3 is 1. The summed E-state index contributed by atoms with van der Waals surface area (Å²) in [6.07, 6.45) is 0. The molecule has 1 fully saturated rings. The van der Waals surface area contributed by atoms with E-state index in [9.17, 15) is 14.4 Å². The maximum absolute atomic E-state index is 12.7. The van der Waals surface area contributed by atoms with Gasteiger partial charge in [0.25, 0.3) is 5.91 Å². The van der Waals surface area contributed by atoms with Gasteiger partial charge in [0.15, 0.2) is 5.78 Å². The zero-order valence-electron chi connectivity index (χ0n) is 15.1. The Labute approximate surface area is 141 Å². The molecule has 0 unspecified atom stereocenters. The van der Waals surface area contributed by atoms with Crippen molar-refractivity contribution in [1.29, 1.82) is 0 Å². The van der Waals surface area contributed by atoms with Gasteiger partial charge < -0.3 is 14.6 Å². The first-order valence-electron chi connectivity index (χ1n) is 7.94. The Bertz CT molecular complexity index is 690. The summed E-state index contributed by atoms with van der Waals surface area (Å²) in [6.45, 7) is 9.32. The highest BCUT2D eigenvalue weighted by atomic mass is 16.5. The van der Waals surface area contributed by atoms with Crippen LogP contribution in [0.1, 0.15) is 48.6 Å². The molecule has 24 heavy (non-hydrogen) atoms. The number of carbonyl (C=O) groups is 3. The number of imide groups is 1.